The van der Waals surface area contributed by atoms with Gasteiger partial charge in [-0.3, -0.25) is 4.79 Å². The molecule has 0 bridgehead atoms. The second-order valence-electron chi connectivity index (χ2n) is 6.37. The van der Waals surface area contributed by atoms with Crippen molar-refractivity contribution in [1.82, 2.24) is 5.32 Å². The number of hydrogen-bond donors (Lipinski definition) is 2. The Hall–Kier alpha value is -1.49. The van der Waals surface area contributed by atoms with Crippen LogP contribution in [-0.2, 0) is 10.3 Å². The first-order chi connectivity index (χ1) is 9.79. The number of carbonyl (C=O) groups is 1. The van der Waals surface area contributed by atoms with Gasteiger partial charge in [-0.25, -0.2) is 8.78 Å². The van der Waals surface area contributed by atoms with Gasteiger partial charge in [0.15, 0.2) is 11.6 Å². The Kier molecular flexibility index (Phi) is 4.61. The van der Waals surface area contributed by atoms with E-state index in [1.54, 1.807) is 13.8 Å². The van der Waals surface area contributed by atoms with Crippen molar-refractivity contribution in [3.8, 4) is 0 Å². The summed E-state index contributed by atoms with van der Waals surface area (Å²) in [6.45, 7) is 3.56. The molecular formula is C16H22F2N2O. The molecule has 116 valence electrons. The van der Waals surface area contributed by atoms with Crippen LogP contribution in [0, 0.1) is 17.6 Å². The minimum absolute atomic E-state index is 0.0696. The average molecular weight is 296 g/mol. The van der Waals surface area contributed by atoms with Gasteiger partial charge in [-0.1, -0.05) is 12.5 Å². The third-order valence-corrected chi connectivity index (χ3v) is 4.16. The summed E-state index contributed by atoms with van der Waals surface area (Å²) in [4.78, 5) is 12.3. The number of hydrogen-bond acceptors (Lipinski definition) is 2. The Balaban J connectivity index is 2.08. The van der Waals surface area contributed by atoms with Crippen molar-refractivity contribution in [3.05, 3.63) is 35.4 Å². The third-order valence-electron chi connectivity index (χ3n) is 4.16. The molecule has 21 heavy (non-hydrogen) atoms. The van der Waals surface area contributed by atoms with E-state index in [-0.39, 0.29) is 17.9 Å². The number of carbonyl (C=O) groups excluding carboxylic acids is 1. The van der Waals surface area contributed by atoms with E-state index in [1.807, 2.05) is 0 Å². The van der Waals surface area contributed by atoms with E-state index in [0.29, 0.717) is 12.0 Å². The van der Waals surface area contributed by atoms with E-state index in [2.05, 4.69) is 5.32 Å². The Morgan fingerprint density at radius 1 is 1.29 bits per heavy atom. The standard InChI is InChI=1S/C16H22F2N2O/c1-16(2,11-6-7-13(17)14(18)9-11)20-15(21)10-4-3-5-12(19)8-10/h6-7,9-10,12H,3-5,8,19H2,1-2H3,(H,20,21). The van der Waals surface area contributed by atoms with Crippen LogP contribution < -0.4 is 11.1 Å². The van der Waals surface area contributed by atoms with E-state index < -0.39 is 17.2 Å². The molecule has 0 aliphatic heterocycles. The van der Waals surface area contributed by atoms with Crippen LogP contribution in [0.5, 0.6) is 0 Å². The van der Waals surface area contributed by atoms with E-state index in [1.165, 1.54) is 6.07 Å². The fourth-order valence-corrected chi connectivity index (χ4v) is 2.83. The highest BCUT2D eigenvalue weighted by molar-refractivity contribution is 5.79. The van der Waals surface area contributed by atoms with Crippen molar-refractivity contribution in [2.45, 2.75) is 51.1 Å². The molecule has 0 heterocycles. The maximum absolute atomic E-state index is 13.3. The largest absolute Gasteiger partial charge is 0.347 e. The van der Waals surface area contributed by atoms with Gasteiger partial charge in [0.2, 0.25) is 5.91 Å². The molecule has 1 aliphatic rings. The molecule has 1 aromatic rings. The molecular weight excluding hydrogens is 274 g/mol. The first kappa shape index (κ1) is 15.9. The van der Waals surface area contributed by atoms with Crippen molar-refractivity contribution >= 4 is 5.91 Å². The molecule has 2 unspecified atom stereocenters. The second-order valence-corrected chi connectivity index (χ2v) is 6.37. The van der Waals surface area contributed by atoms with E-state index in [4.69, 9.17) is 5.73 Å². The average Bonchev–Trinajstić information content (AvgIpc) is 2.41. The minimum Gasteiger partial charge on any atom is -0.347 e. The molecule has 0 radical (unpaired) electrons. The number of benzene rings is 1. The Morgan fingerprint density at radius 3 is 2.62 bits per heavy atom. The van der Waals surface area contributed by atoms with Crippen LogP contribution in [0.4, 0.5) is 8.78 Å². The molecule has 1 aliphatic carbocycles. The fraction of sp³-hybridized carbons (Fsp3) is 0.562. The molecule has 3 N–H and O–H groups in total. The second kappa shape index (κ2) is 6.10. The lowest BCUT2D eigenvalue weighted by Crippen LogP contribution is -2.46. The van der Waals surface area contributed by atoms with Gasteiger partial charge in [0, 0.05) is 12.0 Å². The van der Waals surface area contributed by atoms with Gasteiger partial charge < -0.3 is 11.1 Å². The SMILES string of the molecule is CC(C)(NC(=O)C1CCCC(N)C1)c1ccc(F)c(F)c1. The highest BCUT2D eigenvalue weighted by Gasteiger charge is 2.30. The van der Waals surface area contributed by atoms with Gasteiger partial charge in [-0.05, 0) is 50.8 Å². The van der Waals surface area contributed by atoms with Crippen molar-refractivity contribution in [3.63, 3.8) is 0 Å². The topological polar surface area (TPSA) is 55.1 Å². The predicted molar refractivity (Wildman–Crippen MR) is 77.5 cm³/mol. The van der Waals surface area contributed by atoms with Crippen LogP contribution in [0.15, 0.2) is 18.2 Å². The Morgan fingerprint density at radius 2 is 2.00 bits per heavy atom. The summed E-state index contributed by atoms with van der Waals surface area (Å²) in [7, 11) is 0. The maximum Gasteiger partial charge on any atom is 0.223 e. The summed E-state index contributed by atoms with van der Waals surface area (Å²) < 4.78 is 26.4. The quantitative estimate of drug-likeness (QED) is 0.901. The fourth-order valence-electron chi connectivity index (χ4n) is 2.83. The first-order valence-electron chi connectivity index (χ1n) is 7.33. The molecule has 2 atom stereocenters. The number of rotatable bonds is 3. The summed E-state index contributed by atoms with van der Waals surface area (Å²) in [5.41, 5.74) is 5.68. The number of nitrogens with two attached hydrogens (primary N) is 1. The Labute approximate surface area is 123 Å². The lowest BCUT2D eigenvalue weighted by atomic mass is 9.84. The Bertz CT molecular complexity index is 531. The van der Waals surface area contributed by atoms with Crippen LogP contribution in [0.3, 0.4) is 0 Å². The van der Waals surface area contributed by atoms with E-state index in [0.717, 1.165) is 31.4 Å². The van der Waals surface area contributed by atoms with Gasteiger partial charge in [0.05, 0.1) is 5.54 Å². The predicted octanol–water partition coefficient (Wildman–Crippen LogP) is 2.83. The summed E-state index contributed by atoms with van der Waals surface area (Å²) in [6, 6.07) is 3.77. The number of amides is 1. The molecule has 3 nitrogen and oxygen atoms in total. The minimum atomic E-state index is -0.908. The highest BCUT2D eigenvalue weighted by atomic mass is 19.2. The summed E-state index contributed by atoms with van der Waals surface area (Å²) in [5, 5.41) is 2.93. The van der Waals surface area contributed by atoms with Crippen molar-refractivity contribution < 1.29 is 13.6 Å². The number of nitrogens with one attached hydrogen (secondary N) is 1. The zero-order chi connectivity index (χ0) is 15.6. The molecule has 1 amide bonds. The molecule has 5 heteroatoms. The van der Waals surface area contributed by atoms with Crippen LogP contribution >= 0.6 is 0 Å². The molecule has 1 fully saturated rings. The van der Waals surface area contributed by atoms with Gasteiger partial charge in [0.1, 0.15) is 0 Å². The smallest absolute Gasteiger partial charge is 0.223 e. The molecule has 0 aromatic heterocycles. The van der Waals surface area contributed by atoms with Crippen LogP contribution in [0.25, 0.3) is 0 Å². The summed E-state index contributed by atoms with van der Waals surface area (Å²) >= 11 is 0. The monoisotopic (exact) mass is 296 g/mol. The number of halogens is 2. The van der Waals surface area contributed by atoms with Gasteiger partial charge in [0.25, 0.3) is 0 Å². The molecule has 1 saturated carbocycles. The molecule has 1 aromatic carbocycles. The van der Waals surface area contributed by atoms with Gasteiger partial charge >= 0.3 is 0 Å². The van der Waals surface area contributed by atoms with Crippen LogP contribution in [0.2, 0.25) is 0 Å². The molecule has 0 saturated heterocycles. The molecule has 0 spiro atoms. The maximum atomic E-state index is 13.3. The van der Waals surface area contributed by atoms with E-state index in [9.17, 15) is 13.6 Å². The lowest BCUT2D eigenvalue weighted by molar-refractivity contribution is -0.127. The van der Waals surface area contributed by atoms with Crippen molar-refractivity contribution in [1.29, 1.82) is 0 Å². The van der Waals surface area contributed by atoms with Crippen molar-refractivity contribution in [2.75, 3.05) is 0 Å². The van der Waals surface area contributed by atoms with Gasteiger partial charge in [-0.15, -0.1) is 0 Å². The van der Waals surface area contributed by atoms with Crippen molar-refractivity contribution in [2.24, 2.45) is 11.7 Å². The zero-order valence-electron chi connectivity index (χ0n) is 12.5. The van der Waals surface area contributed by atoms with E-state index >= 15 is 0 Å². The zero-order valence-corrected chi connectivity index (χ0v) is 12.5. The summed E-state index contributed by atoms with van der Waals surface area (Å²) in [5.74, 6) is -1.97. The van der Waals surface area contributed by atoms with Gasteiger partial charge in [-0.2, -0.15) is 0 Å². The van der Waals surface area contributed by atoms with Crippen LogP contribution in [0.1, 0.15) is 45.1 Å². The highest BCUT2D eigenvalue weighted by Crippen LogP contribution is 2.27. The first-order valence-corrected chi connectivity index (χ1v) is 7.33. The van der Waals surface area contributed by atoms with Crippen LogP contribution in [-0.4, -0.2) is 11.9 Å². The normalized spacial score (nSPS) is 22.9. The third kappa shape index (κ3) is 3.79. The lowest BCUT2D eigenvalue weighted by Gasteiger charge is -2.32. The summed E-state index contributed by atoms with van der Waals surface area (Å²) in [6.07, 6.45) is 3.41. The molecule has 2 rings (SSSR count).